The van der Waals surface area contributed by atoms with E-state index in [0.717, 1.165) is 46.5 Å². The van der Waals surface area contributed by atoms with Crippen LogP contribution in [0.25, 0.3) is 11.1 Å². The van der Waals surface area contributed by atoms with E-state index >= 15 is 0 Å². The van der Waals surface area contributed by atoms with E-state index in [-0.39, 0.29) is 5.91 Å². The average molecular weight is 444 g/mol. The van der Waals surface area contributed by atoms with Crippen molar-refractivity contribution in [2.24, 2.45) is 0 Å². The van der Waals surface area contributed by atoms with Crippen LogP contribution in [-0.4, -0.2) is 41.6 Å². The minimum Gasteiger partial charge on any atom is -0.460 e. The number of rotatable bonds is 6. The van der Waals surface area contributed by atoms with Gasteiger partial charge >= 0.3 is 0 Å². The molecule has 3 aromatic rings. The van der Waals surface area contributed by atoms with E-state index in [1.54, 1.807) is 0 Å². The Morgan fingerprint density at radius 1 is 1.14 bits per heavy atom. The summed E-state index contributed by atoms with van der Waals surface area (Å²) in [6, 6.07) is 12.0. The van der Waals surface area contributed by atoms with Crippen molar-refractivity contribution in [1.29, 1.82) is 0 Å². The normalized spacial score (nSPS) is 15.2. The zero-order valence-corrected chi connectivity index (χ0v) is 17.8. The number of furan rings is 1. The lowest BCUT2D eigenvalue weighted by Gasteiger charge is -2.26. The number of amides is 1. The molecule has 0 spiro atoms. The molecule has 0 aliphatic carbocycles. The van der Waals surface area contributed by atoms with Crippen molar-refractivity contribution in [1.82, 2.24) is 14.8 Å². The van der Waals surface area contributed by atoms with Crippen LogP contribution in [0.3, 0.4) is 0 Å². The third-order valence-corrected chi connectivity index (χ3v) is 5.89. The molecule has 1 fully saturated rings. The van der Waals surface area contributed by atoms with Gasteiger partial charge in [-0.05, 0) is 50.6 Å². The van der Waals surface area contributed by atoms with Crippen LogP contribution in [0.1, 0.15) is 41.1 Å². The molecule has 6 heteroatoms. The predicted molar refractivity (Wildman–Crippen MR) is 115 cm³/mol. The van der Waals surface area contributed by atoms with E-state index < -0.39 is 0 Å². The number of carbonyl (C=O) groups excluding carboxylic acids is 1. The third kappa shape index (κ3) is 4.33. The molecule has 1 aliphatic rings. The van der Waals surface area contributed by atoms with Crippen LogP contribution >= 0.6 is 15.9 Å². The molecular formula is C22H26BrN3O2. The van der Waals surface area contributed by atoms with Gasteiger partial charge in [0.2, 0.25) is 0 Å². The molecule has 0 atom stereocenters. The standard InChI is InChI=1S/C22H26BrN3O2/c1-16-13-19-21(28-16)14-20(26(19)15-17-5-7-18(23)8-6-17)22(27)24-9-12-25-10-3-2-4-11-25/h5-8,13-14H,2-4,9-12,15H2,1H3,(H,24,27). The van der Waals surface area contributed by atoms with E-state index in [2.05, 4.69) is 38.3 Å². The van der Waals surface area contributed by atoms with Crippen LogP contribution in [0.15, 0.2) is 45.3 Å². The van der Waals surface area contributed by atoms with Crippen molar-refractivity contribution >= 4 is 32.9 Å². The molecule has 1 aromatic carbocycles. The molecule has 1 aliphatic heterocycles. The first-order valence-corrected chi connectivity index (χ1v) is 10.7. The second-order valence-corrected chi connectivity index (χ2v) is 8.42. The number of piperidine rings is 1. The molecular weight excluding hydrogens is 418 g/mol. The van der Waals surface area contributed by atoms with Gasteiger partial charge in [0.15, 0.2) is 5.58 Å². The van der Waals surface area contributed by atoms with E-state index in [1.165, 1.54) is 19.3 Å². The van der Waals surface area contributed by atoms with Crippen LogP contribution < -0.4 is 5.32 Å². The van der Waals surface area contributed by atoms with Crippen molar-refractivity contribution in [2.45, 2.75) is 32.7 Å². The first-order valence-electron chi connectivity index (χ1n) is 9.95. The summed E-state index contributed by atoms with van der Waals surface area (Å²) < 4.78 is 8.87. The van der Waals surface area contributed by atoms with Gasteiger partial charge in [0.25, 0.3) is 5.91 Å². The lowest BCUT2D eigenvalue weighted by molar-refractivity contribution is 0.0938. The molecule has 148 valence electrons. The van der Waals surface area contributed by atoms with Gasteiger partial charge in [0, 0.05) is 36.2 Å². The summed E-state index contributed by atoms with van der Waals surface area (Å²) in [4.78, 5) is 15.3. The Bertz CT molecular complexity index is 952. The number of aryl methyl sites for hydroxylation is 1. The summed E-state index contributed by atoms with van der Waals surface area (Å²) in [5, 5.41) is 3.10. The first kappa shape index (κ1) is 19.3. The van der Waals surface area contributed by atoms with E-state index in [0.29, 0.717) is 18.8 Å². The summed E-state index contributed by atoms with van der Waals surface area (Å²) in [6.07, 6.45) is 3.85. The summed E-state index contributed by atoms with van der Waals surface area (Å²) in [7, 11) is 0. The molecule has 0 bridgehead atoms. The Kier molecular flexibility index (Phi) is 5.87. The topological polar surface area (TPSA) is 50.4 Å². The fourth-order valence-corrected chi connectivity index (χ4v) is 4.16. The Labute approximate surface area is 173 Å². The van der Waals surface area contributed by atoms with E-state index in [9.17, 15) is 4.79 Å². The summed E-state index contributed by atoms with van der Waals surface area (Å²) in [5.74, 6) is 0.810. The number of carbonyl (C=O) groups is 1. The van der Waals surface area contributed by atoms with Gasteiger partial charge in [0.1, 0.15) is 11.5 Å². The number of hydrogen-bond donors (Lipinski definition) is 1. The molecule has 2 aromatic heterocycles. The maximum Gasteiger partial charge on any atom is 0.268 e. The Balaban J connectivity index is 1.51. The van der Waals surface area contributed by atoms with Gasteiger partial charge in [-0.2, -0.15) is 0 Å². The predicted octanol–water partition coefficient (Wildman–Crippen LogP) is 4.57. The summed E-state index contributed by atoms with van der Waals surface area (Å²) >= 11 is 3.48. The first-order chi connectivity index (χ1) is 13.6. The lowest BCUT2D eigenvalue weighted by Crippen LogP contribution is -2.38. The Morgan fingerprint density at radius 2 is 1.89 bits per heavy atom. The van der Waals surface area contributed by atoms with Crippen LogP contribution in [0.4, 0.5) is 0 Å². The van der Waals surface area contributed by atoms with Gasteiger partial charge in [-0.1, -0.05) is 34.5 Å². The maximum absolute atomic E-state index is 12.9. The highest BCUT2D eigenvalue weighted by molar-refractivity contribution is 9.10. The van der Waals surface area contributed by atoms with Crippen LogP contribution in [-0.2, 0) is 6.54 Å². The van der Waals surface area contributed by atoms with Gasteiger partial charge in [-0.15, -0.1) is 0 Å². The van der Waals surface area contributed by atoms with Gasteiger partial charge in [-0.3, -0.25) is 4.79 Å². The molecule has 1 N–H and O–H groups in total. The number of hydrogen-bond acceptors (Lipinski definition) is 3. The third-order valence-electron chi connectivity index (χ3n) is 5.36. The van der Waals surface area contributed by atoms with E-state index in [4.69, 9.17) is 4.42 Å². The maximum atomic E-state index is 12.9. The largest absolute Gasteiger partial charge is 0.460 e. The second-order valence-electron chi connectivity index (χ2n) is 7.51. The van der Waals surface area contributed by atoms with Crippen molar-refractivity contribution < 1.29 is 9.21 Å². The molecule has 4 rings (SSSR count). The van der Waals surface area contributed by atoms with Crippen molar-refractivity contribution in [3.05, 3.63) is 57.9 Å². The molecule has 1 saturated heterocycles. The lowest BCUT2D eigenvalue weighted by atomic mass is 10.1. The highest BCUT2D eigenvalue weighted by atomic mass is 79.9. The molecule has 3 heterocycles. The van der Waals surface area contributed by atoms with Gasteiger partial charge < -0.3 is 19.2 Å². The van der Waals surface area contributed by atoms with Gasteiger partial charge in [0.05, 0.1) is 5.52 Å². The number of nitrogens with zero attached hydrogens (tertiary/aromatic N) is 2. The zero-order valence-electron chi connectivity index (χ0n) is 16.2. The number of nitrogens with one attached hydrogen (secondary N) is 1. The minimum absolute atomic E-state index is 0.0434. The molecule has 1 amide bonds. The minimum atomic E-state index is -0.0434. The monoisotopic (exact) mass is 443 g/mol. The average Bonchev–Trinajstić information content (AvgIpc) is 3.21. The Morgan fingerprint density at radius 3 is 2.64 bits per heavy atom. The molecule has 28 heavy (non-hydrogen) atoms. The van der Waals surface area contributed by atoms with Gasteiger partial charge in [-0.25, -0.2) is 0 Å². The smallest absolute Gasteiger partial charge is 0.268 e. The molecule has 0 saturated carbocycles. The Hall–Kier alpha value is -2.05. The highest BCUT2D eigenvalue weighted by Gasteiger charge is 2.19. The van der Waals surface area contributed by atoms with Crippen molar-refractivity contribution in [3.63, 3.8) is 0 Å². The van der Waals surface area contributed by atoms with Crippen molar-refractivity contribution in [2.75, 3.05) is 26.2 Å². The van der Waals surface area contributed by atoms with Crippen LogP contribution in [0.2, 0.25) is 0 Å². The molecule has 5 nitrogen and oxygen atoms in total. The fraction of sp³-hybridized carbons (Fsp3) is 0.409. The summed E-state index contributed by atoms with van der Waals surface area (Å²) in [5.41, 5.74) is 3.51. The fourth-order valence-electron chi connectivity index (χ4n) is 3.90. The highest BCUT2D eigenvalue weighted by Crippen LogP contribution is 2.25. The van der Waals surface area contributed by atoms with Crippen molar-refractivity contribution in [3.8, 4) is 0 Å². The second kappa shape index (κ2) is 8.53. The SMILES string of the molecule is Cc1cc2c(cc(C(=O)NCCN3CCCCC3)n2Cc2ccc(Br)cc2)o1. The van der Waals surface area contributed by atoms with E-state index in [1.807, 2.05) is 35.8 Å². The number of benzene rings is 1. The number of fused-ring (bicyclic) bond motifs is 1. The number of aromatic nitrogens is 1. The summed E-state index contributed by atoms with van der Waals surface area (Å²) in [6.45, 7) is 6.42. The molecule has 0 radical (unpaired) electrons. The van der Waals surface area contributed by atoms with Crippen LogP contribution in [0, 0.1) is 6.92 Å². The quantitative estimate of drug-likeness (QED) is 0.606. The van der Waals surface area contributed by atoms with Crippen LogP contribution in [0.5, 0.6) is 0 Å². The number of halogens is 1. The number of likely N-dealkylation sites (tertiary alicyclic amines) is 1. The molecule has 0 unspecified atom stereocenters. The zero-order chi connectivity index (χ0) is 19.5.